The molecule has 20 heavy (non-hydrogen) atoms. The number of nitrogens with one attached hydrogen (secondary N) is 1. The quantitative estimate of drug-likeness (QED) is 0.825. The number of aromatic nitrogens is 2. The van der Waals surface area contributed by atoms with Crippen molar-refractivity contribution in [2.45, 2.75) is 44.2 Å². The Morgan fingerprint density at radius 1 is 1.20 bits per heavy atom. The van der Waals surface area contributed by atoms with E-state index < -0.39 is 0 Å². The number of fused-ring (bicyclic) bond motifs is 1. The third-order valence-corrected chi connectivity index (χ3v) is 4.39. The molecule has 1 aliphatic carbocycles. The minimum Gasteiger partial charge on any atom is -0.379 e. The lowest BCUT2D eigenvalue weighted by atomic mass is 10.0. The first kappa shape index (κ1) is 13.8. The van der Waals surface area contributed by atoms with E-state index in [0.717, 1.165) is 34.0 Å². The monoisotopic (exact) mass is 334 g/mol. The molecule has 2 atom stereocenters. The molecule has 2 unspecified atom stereocenters. The highest BCUT2D eigenvalue weighted by Crippen LogP contribution is 2.25. The summed E-state index contributed by atoms with van der Waals surface area (Å²) < 4.78 is 0.945. The Balaban J connectivity index is 1.90. The highest BCUT2D eigenvalue weighted by molar-refractivity contribution is 9.10. The molecule has 0 bridgehead atoms. The van der Waals surface area contributed by atoms with Gasteiger partial charge in [-0.15, -0.1) is 0 Å². The molecule has 0 saturated heterocycles. The zero-order valence-corrected chi connectivity index (χ0v) is 12.9. The summed E-state index contributed by atoms with van der Waals surface area (Å²) in [6.45, 7) is 0. The molecule has 1 saturated carbocycles. The molecule has 2 heterocycles. The molecule has 1 aliphatic rings. The van der Waals surface area contributed by atoms with Gasteiger partial charge >= 0.3 is 0 Å². The first-order chi connectivity index (χ1) is 9.74. The third-order valence-electron chi connectivity index (χ3n) is 3.95. The highest BCUT2D eigenvalue weighted by atomic mass is 79.9. The average Bonchev–Trinajstić information content (AvgIpc) is 2.64. The smallest absolute Gasteiger partial charge is 0.112 e. The average molecular weight is 335 g/mol. The van der Waals surface area contributed by atoms with Crippen LogP contribution in [0.1, 0.15) is 32.1 Å². The van der Waals surface area contributed by atoms with Crippen LogP contribution in [0.15, 0.2) is 29.0 Å². The Morgan fingerprint density at radius 2 is 2.05 bits per heavy atom. The van der Waals surface area contributed by atoms with Gasteiger partial charge in [0.2, 0.25) is 0 Å². The Hall–Kier alpha value is -1.20. The summed E-state index contributed by atoms with van der Waals surface area (Å²) in [4.78, 5) is 8.85. The van der Waals surface area contributed by atoms with Gasteiger partial charge in [-0.1, -0.05) is 19.3 Å². The van der Waals surface area contributed by atoms with Crippen molar-refractivity contribution in [3.8, 4) is 0 Å². The van der Waals surface area contributed by atoms with E-state index in [2.05, 4.69) is 31.2 Å². The molecule has 4 nitrogen and oxygen atoms in total. The maximum atomic E-state index is 6.29. The van der Waals surface area contributed by atoms with Crippen LogP contribution < -0.4 is 11.1 Å². The summed E-state index contributed by atoms with van der Waals surface area (Å²) in [7, 11) is 0. The molecule has 5 heteroatoms. The van der Waals surface area contributed by atoms with Gasteiger partial charge in [0.25, 0.3) is 0 Å². The summed E-state index contributed by atoms with van der Waals surface area (Å²) >= 11 is 3.43. The summed E-state index contributed by atoms with van der Waals surface area (Å²) in [6.07, 6.45) is 9.62. The minimum atomic E-state index is 0.219. The molecule has 0 radical (unpaired) electrons. The van der Waals surface area contributed by atoms with E-state index in [4.69, 9.17) is 5.73 Å². The topological polar surface area (TPSA) is 63.8 Å². The van der Waals surface area contributed by atoms with Crippen LogP contribution in [-0.4, -0.2) is 22.1 Å². The SMILES string of the molecule is NC1CCCCCC1Nc1ccnc2cc(Br)cnc12. The van der Waals surface area contributed by atoms with E-state index in [0.29, 0.717) is 6.04 Å². The Labute approximate surface area is 127 Å². The Morgan fingerprint density at radius 3 is 2.95 bits per heavy atom. The molecular weight excluding hydrogens is 316 g/mol. The second-order valence-corrected chi connectivity index (χ2v) is 6.35. The van der Waals surface area contributed by atoms with Gasteiger partial charge in [-0.05, 0) is 40.9 Å². The van der Waals surface area contributed by atoms with Gasteiger partial charge < -0.3 is 11.1 Å². The fraction of sp³-hybridized carbons (Fsp3) is 0.467. The first-order valence-electron chi connectivity index (χ1n) is 7.16. The number of hydrogen-bond acceptors (Lipinski definition) is 4. The van der Waals surface area contributed by atoms with E-state index in [1.54, 1.807) is 0 Å². The van der Waals surface area contributed by atoms with E-state index in [1.807, 2.05) is 24.5 Å². The van der Waals surface area contributed by atoms with Crippen LogP contribution in [0.2, 0.25) is 0 Å². The van der Waals surface area contributed by atoms with E-state index in [-0.39, 0.29) is 6.04 Å². The second-order valence-electron chi connectivity index (χ2n) is 5.43. The number of nitrogens with two attached hydrogens (primary N) is 1. The maximum absolute atomic E-state index is 6.29. The summed E-state index contributed by atoms with van der Waals surface area (Å²) in [5.74, 6) is 0. The normalized spacial score (nSPS) is 23.5. The van der Waals surface area contributed by atoms with Crippen LogP contribution in [0, 0.1) is 0 Å². The zero-order valence-electron chi connectivity index (χ0n) is 11.3. The van der Waals surface area contributed by atoms with Gasteiger partial charge in [-0.2, -0.15) is 0 Å². The first-order valence-corrected chi connectivity index (χ1v) is 7.96. The Kier molecular flexibility index (Phi) is 4.17. The van der Waals surface area contributed by atoms with Crippen molar-refractivity contribution >= 4 is 32.7 Å². The van der Waals surface area contributed by atoms with Gasteiger partial charge in [0.1, 0.15) is 5.52 Å². The third kappa shape index (κ3) is 2.94. The van der Waals surface area contributed by atoms with Gasteiger partial charge in [0, 0.05) is 29.0 Å². The summed E-state index contributed by atoms with van der Waals surface area (Å²) in [5, 5.41) is 3.59. The lowest BCUT2D eigenvalue weighted by Gasteiger charge is -2.24. The van der Waals surface area contributed by atoms with Crippen LogP contribution >= 0.6 is 15.9 Å². The summed E-state index contributed by atoms with van der Waals surface area (Å²) in [5.41, 5.74) is 9.13. The van der Waals surface area contributed by atoms with Gasteiger partial charge in [-0.3, -0.25) is 9.97 Å². The van der Waals surface area contributed by atoms with Gasteiger partial charge in [0.05, 0.1) is 11.2 Å². The van der Waals surface area contributed by atoms with Crippen molar-refractivity contribution in [2.24, 2.45) is 5.73 Å². The second kappa shape index (κ2) is 6.06. The molecule has 0 amide bonds. The molecule has 2 aromatic heterocycles. The molecule has 3 rings (SSSR count). The van der Waals surface area contributed by atoms with E-state index in [1.165, 1.54) is 19.3 Å². The predicted molar refractivity (Wildman–Crippen MR) is 85.7 cm³/mol. The molecule has 1 fully saturated rings. The van der Waals surface area contributed by atoms with Crippen LogP contribution in [0.4, 0.5) is 5.69 Å². The Bertz CT molecular complexity index is 601. The largest absolute Gasteiger partial charge is 0.379 e. The van der Waals surface area contributed by atoms with Crippen molar-refractivity contribution in [1.29, 1.82) is 0 Å². The van der Waals surface area contributed by atoms with E-state index >= 15 is 0 Å². The fourth-order valence-electron chi connectivity index (χ4n) is 2.84. The molecule has 106 valence electrons. The number of halogens is 1. The van der Waals surface area contributed by atoms with Crippen LogP contribution in [0.3, 0.4) is 0 Å². The molecule has 0 aliphatic heterocycles. The zero-order chi connectivity index (χ0) is 13.9. The number of rotatable bonds is 2. The molecule has 0 aromatic carbocycles. The number of anilines is 1. The van der Waals surface area contributed by atoms with Crippen molar-refractivity contribution in [3.05, 3.63) is 29.0 Å². The number of pyridine rings is 2. The van der Waals surface area contributed by atoms with E-state index in [9.17, 15) is 0 Å². The number of hydrogen-bond donors (Lipinski definition) is 2. The molecule has 0 spiro atoms. The molecular formula is C15H19BrN4. The lowest BCUT2D eigenvalue weighted by molar-refractivity contribution is 0.528. The molecule has 2 aromatic rings. The van der Waals surface area contributed by atoms with Crippen LogP contribution in [0.5, 0.6) is 0 Å². The van der Waals surface area contributed by atoms with Crippen LogP contribution in [-0.2, 0) is 0 Å². The standard InChI is InChI=1S/C15H19BrN4/c16-10-8-14-15(19-9-10)13(6-7-18-14)20-12-5-3-1-2-4-11(12)17/h6-9,11-12H,1-5,17H2,(H,18,20). The predicted octanol–water partition coefficient (Wildman–Crippen LogP) is 3.46. The lowest BCUT2D eigenvalue weighted by Crippen LogP contribution is -2.39. The van der Waals surface area contributed by atoms with Crippen LogP contribution in [0.25, 0.3) is 11.0 Å². The van der Waals surface area contributed by atoms with Gasteiger partial charge in [0.15, 0.2) is 0 Å². The summed E-state index contributed by atoms with van der Waals surface area (Å²) in [6, 6.07) is 4.52. The minimum absolute atomic E-state index is 0.219. The van der Waals surface area contributed by atoms with Crippen molar-refractivity contribution in [3.63, 3.8) is 0 Å². The van der Waals surface area contributed by atoms with Crippen molar-refractivity contribution in [2.75, 3.05) is 5.32 Å². The fourth-order valence-corrected chi connectivity index (χ4v) is 3.16. The van der Waals surface area contributed by atoms with Gasteiger partial charge in [-0.25, -0.2) is 0 Å². The number of nitrogens with zero attached hydrogens (tertiary/aromatic N) is 2. The maximum Gasteiger partial charge on any atom is 0.112 e. The highest BCUT2D eigenvalue weighted by Gasteiger charge is 2.20. The van der Waals surface area contributed by atoms with Crippen molar-refractivity contribution in [1.82, 2.24) is 9.97 Å². The van der Waals surface area contributed by atoms with Crippen molar-refractivity contribution < 1.29 is 0 Å². The molecule has 3 N–H and O–H groups in total.